The van der Waals surface area contributed by atoms with Gasteiger partial charge in [-0.05, 0) is 39.7 Å². The van der Waals surface area contributed by atoms with E-state index in [0.29, 0.717) is 10.2 Å². The van der Waals surface area contributed by atoms with Gasteiger partial charge in [0, 0.05) is 10.2 Å². The van der Waals surface area contributed by atoms with Crippen LogP contribution in [-0.4, -0.2) is 13.1 Å². The average Bonchev–Trinajstić information content (AvgIpc) is 2.20. The van der Waals surface area contributed by atoms with Gasteiger partial charge in [0.1, 0.15) is 4.48 Å². The zero-order valence-electron chi connectivity index (χ0n) is 7.96. The molecule has 0 atom stereocenters. The van der Waals surface area contributed by atoms with Gasteiger partial charge >= 0.3 is 5.97 Å². The lowest BCUT2D eigenvalue weighted by atomic mass is 10.1. The van der Waals surface area contributed by atoms with Gasteiger partial charge in [-0.25, -0.2) is 4.79 Å². The van der Waals surface area contributed by atoms with Crippen molar-refractivity contribution >= 4 is 49.6 Å². The monoisotopic (exact) mass is 333 g/mol. The third-order valence-corrected chi connectivity index (χ3v) is 2.76. The van der Waals surface area contributed by atoms with Crippen molar-refractivity contribution in [2.45, 2.75) is 0 Å². The van der Waals surface area contributed by atoms with Gasteiger partial charge in [-0.1, -0.05) is 22.0 Å². The van der Waals surface area contributed by atoms with Crippen LogP contribution < -0.4 is 5.73 Å². The van der Waals surface area contributed by atoms with Crippen molar-refractivity contribution < 1.29 is 9.53 Å². The Bertz CT molecular complexity index is 416. The molecule has 0 aliphatic carbocycles. The molecular weight excluding hydrogens is 326 g/mol. The molecule has 80 valence electrons. The van der Waals surface area contributed by atoms with E-state index < -0.39 is 5.97 Å². The fourth-order valence-corrected chi connectivity index (χ4v) is 1.76. The second-order valence-corrected chi connectivity index (χ2v) is 4.53. The number of rotatable bonds is 2. The molecule has 0 saturated carbocycles. The highest BCUT2D eigenvalue weighted by molar-refractivity contribution is 9.12. The summed E-state index contributed by atoms with van der Waals surface area (Å²) in [4.78, 5) is 11.1. The van der Waals surface area contributed by atoms with Crippen molar-refractivity contribution in [1.29, 1.82) is 0 Å². The van der Waals surface area contributed by atoms with E-state index in [1.165, 1.54) is 7.11 Å². The third-order valence-electron chi connectivity index (χ3n) is 1.71. The lowest BCUT2D eigenvalue weighted by Crippen LogP contribution is -1.99. The van der Waals surface area contributed by atoms with Crippen LogP contribution in [0.25, 0.3) is 6.08 Å². The fraction of sp³-hybridized carbons (Fsp3) is 0.100. The summed E-state index contributed by atoms with van der Waals surface area (Å²) in [6.45, 7) is 0. The second-order valence-electron chi connectivity index (χ2n) is 2.76. The lowest BCUT2D eigenvalue weighted by molar-refractivity contribution is -0.135. The van der Waals surface area contributed by atoms with E-state index in [-0.39, 0.29) is 0 Å². The zero-order valence-corrected chi connectivity index (χ0v) is 11.1. The van der Waals surface area contributed by atoms with E-state index >= 15 is 0 Å². The maximum atomic E-state index is 11.1. The number of ether oxygens (including phenoxy) is 1. The van der Waals surface area contributed by atoms with E-state index in [0.717, 1.165) is 10.0 Å². The number of carbonyl (C=O) groups is 1. The number of methoxy groups -OCH3 is 1. The van der Waals surface area contributed by atoms with Crippen molar-refractivity contribution in [1.82, 2.24) is 0 Å². The van der Waals surface area contributed by atoms with Crippen LogP contribution in [0.4, 0.5) is 5.69 Å². The van der Waals surface area contributed by atoms with Gasteiger partial charge in [0.2, 0.25) is 0 Å². The Balaban J connectivity index is 3.03. The van der Waals surface area contributed by atoms with Crippen LogP contribution in [0.1, 0.15) is 5.56 Å². The molecular formula is C10H9Br2NO2. The first kappa shape index (κ1) is 12.3. The summed E-state index contributed by atoms with van der Waals surface area (Å²) < 4.78 is 5.77. The Hall–Kier alpha value is -0.810. The van der Waals surface area contributed by atoms with Crippen LogP contribution in [0, 0.1) is 0 Å². The molecule has 15 heavy (non-hydrogen) atoms. The number of esters is 1. The molecule has 5 heteroatoms. The minimum atomic E-state index is -0.433. The van der Waals surface area contributed by atoms with E-state index in [4.69, 9.17) is 5.73 Å². The summed E-state index contributed by atoms with van der Waals surface area (Å²) in [7, 11) is 1.32. The number of nitrogen functional groups attached to an aromatic ring is 1. The number of carbonyl (C=O) groups excluding carboxylic acids is 1. The first-order valence-corrected chi connectivity index (χ1v) is 5.63. The Labute approximate surface area is 105 Å². The Morgan fingerprint density at radius 3 is 2.73 bits per heavy atom. The molecule has 1 aromatic carbocycles. The van der Waals surface area contributed by atoms with Crippen molar-refractivity contribution in [2.24, 2.45) is 0 Å². The van der Waals surface area contributed by atoms with Crippen molar-refractivity contribution in [3.05, 3.63) is 32.7 Å². The minimum Gasteiger partial charge on any atom is -0.465 e. The third kappa shape index (κ3) is 3.35. The van der Waals surface area contributed by atoms with Crippen molar-refractivity contribution in [3.8, 4) is 0 Å². The molecule has 1 rings (SSSR count). The molecule has 0 radical (unpaired) electrons. The molecule has 1 aromatic rings. The Morgan fingerprint density at radius 1 is 1.53 bits per heavy atom. The molecule has 0 amide bonds. The van der Waals surface area contributed by atoms with Crippen LogP contribution in [0.3, 0.4) is 0 Å². The summed E-state index contributed by atoms with van der Waals surface area (Å²) in [5.41, 5.74) is 7.11. The number of nitrogens with two attached hydrogens (primary N) is 1. The van der Waals surface area contributed by atoms with Gasteiger partial charge in [0.25, 0.3) is 0 Å². The largest absolute Gasteiger partial charge is 0.465 e. The normalized spacial score (nSPS) is 11.3. The van der Waals surface area contributed by atoms with E-state index in [9.17, 15) is 4.79 Å². The summed E-state index contributed by atoms with van der Waals surface area (Å²) in [5.74, 6) is -0.433. The average molecular weight is 335 g/mol. The maximum Gasteiger partial charge on any atom is 0.344 e. The summed E-state index contributed by atoms with van der Waals surface area (Å²) in [5, 5.41) is 0. The molecule has 0 bridgehead atoms. The number of anilines is 1. The first-order chi connectivity index (χ1) is 7.04. The van der Waals surface area contributed by atoms with Gasteiger partial charge < -0.3 is 10.5 Å². The molecule has 0 heterocycles. The van der Waals surface area contributed by atoms with Gasteiger partial charge in [0.15, 0.2) is 0 Å². The SMILES string of the molecule is COC(=O)/C(Br)=C/c1ccc(Br)cc1N. The quantitative estimate of drug-likeness (QED) is 0.514. The van der Waals surface area contributed by atoms with Gasteiger partial charge in [0.05, 0.1) is 7.11 Å². The standard InChI is InChI=1S/C10H9Br2NO2/c1-15-10(14)8(12)4-6-2-3-7(11)5-9(6)13/h2-5H,13H2,1H3/b8-4-. The zero-order chi connectivity index (χ0) is 11.4. The summed E-state index contributed by atoms with van der Waals surface area (Å²) in [6, 6.07) is 5.42. The smallest absolute Gasteiger partial charge is 0.344 e. The molecule has 3 nitrogen and oxygen atoms in total. The number of hydrogen-bond acceptors (Lipinski definition) is 3. The molecule has 0 aromatic heterocycles. The Kier molecular flexibility index (Phi) is 4.35. The van der Waals surface area contributed by atoms with E-state index in [1.807, 2.05) is 12.1 Å². The van der Waals surface area contributed by atoms with Gasteiger partial charge in [-0.3, -0.25) is 0 Å². The number of benzene rings is 1. The van der Waals surface area contributed by atoms with Crippen LogP contribution in [0.5, 0.6) is 0 Å². The van der Waals surface area contributed by atoms with E-state index in [1.54, 1.807) is 12.1 Å². The molecule has 0 aliphatic rings. The molecule has 0 aliphatic heterocycles. The molecule has 0 unspecified atom stereocenters. The van der Waals surface area contributed by atoms with Crippen LogP contribution in [-0.2, 0) is 9.53 Å². The maximum absolute atomic E-state index is 11.1. The molecule has 2 N–H and O–H groups in total. The van der Waals surface area contributed by atoms with Crippen molar-refractivity contribution in [3.63, 3.8) is 0 Å². The molecule has 0 fully saturated rings. The first-order valence-electron chi connectivity index (χ1n) is 4.05. The van der Waals surface area contributed by atoms with Gasteiger partial charge in [-0.2, -0.15) is 0 Å². The number of hydrogen-bond donors (Lipinski definition) is 1. The topological polar surface area (TPSA) is 52.3 Å². The lowest BCUT2D eigenvalue weighted by Gasteiger charge is -2.02. The highest BCUT2D eigenvalue weighted by Gasteiger charge is 2.06. The van der Waals surface area contributed by atoms with Crippen LogP contribution >= 0.6 is 31.9 Å². The minimum absolute atomic E-state index is 0.332. The summed E-state index contributed by atoms with van der Waals surface area (Å²) in [6.07, 6.45) is 1.62. The van der Waals surface area contributed by atoms with Crippen LogP contribution in [0.15, 0.2) is 27.2 Å². The van der Waals surface area contributed by atoms with Crippen molar-refractivity contribution in [2.75, 3.05) is 12.8 Å². The number of halogens is 2. The highest BCUT2D eigenvalue weighted by Crippen LogP contribution is 2.22. The highest BCUT2D eigenvalue weighted by atomic mass is 79.9. The van der Waals surface area contributed by atoms with Gasteiger partial charge in [-0.15, -0.1) is 0 Å². The Morgan fingerprint density at radius 2 is 2.20 bits per heavy atom. The van der Waals surface area contributed by atoms with Crippen LogP contribution in [0.2, 0.25) is 0 Å². The molecule has 0 saturated heterocycles. The summed E-state index contributed by atoms with van der Waals surface area (Å²) >= 11 is 6.41. The fourth-order valence-electron chi connectivity index (χ4n) is 0.970. The predicted molar refractivity (Wildman–Crippen MR) is 67.5 cm³/mol. The predicted octanol–water partition coefficient (Wildman–Crippen LogP) is 2.94. The second kappa shape index (κ2) is 5.32. The van der Waals surface area contributed by atoms with E-state index in [2.05, 4.69) is 36.6 Å². The molecule has 0 spiro atoms.